The summed E-state index contributed by atoms with van der Waals surface area (Å²) in [5.41, 5.74) is 1.21. The Balaban J connectivity index is 2.04. The monoisotopic (exact) mass is 355 g/mol. The Morgan fingerprint density at radius 3 is 2.50 bits per heavy atom. The van der Waals surface area contributed by atoms with Gasteiger partial charge in [-0.15, -0.1) is 0 Å². The van der Waals surface area contributed by atoms with Crippen LogP contribution in [0.15, 0.2) is 24.3 Å². The van der Waals surface area contributed by atoms with Gasteiger partial charge >= 0.3 is 6.03 Å². The standard InChI is InChI=1S/C16H25N3O4S/c1-12(2)15(23-3)11-24(21,22)18-13-5-7-14(8-6-13)19-10-4-9-17-16(19)20/h5-8,12,15,18H,4,9-11H2,1-3H3,(H,17,20). The van der Waals surface area contributed by atoms with E-state index >= 15 is 0 Å². The third-order valence-corrected chi connectivity index (χ3v) is 5.28. The van der Waals surface area contributed by atoms with Gasteiger partial charge in [0.25, 0.3) is 0 Å². The first-order valence-corrected chi connectivity index (χ1v) is 9.66. The van der Waals surface area contributed by atoms with Gasteiger partial charge in [-0.2, -0.15) is 0 Å². The number of hydrogen-bond acceptors (Lipinski definition) is 4. The van der Waals surface area contributed by atoms with Crippen LogP contribution in [0.4, 0.5) is 16.2 Å². The number of nitrogens with one attached hydrogen (secondary N) is 2. The SMILES string of the molecule is COC(CS(=O)(=O)Nc1ccc(N2CCCNC2=O)cc1)C(C)C. The van der Waals surface area contributed by atoms with Gasteiger partial charge < -0.3 is 10.1 Å². The molecule has 1 atom stereocenters. The van der Waals surface area contributed by atoms with E-state index in [1.165, 1.54) is 7.11 Å². The number of sulfonamides is 1. The van der Waals surface area contributed by atoms with E-state index in [1.807, 2.05) is 13.8 Å². The fraction of sp³-hybridized carbons (Fsp3) is 0.562. The molecule has 1 heterocycles. The second kappa shape index (κ2) is 7.85. The molecule has 0 radical (unpaired) electrons. The largest absolute Gasteiger partial charge is 0.380 e. The predicted molar refractivity (Wildman–Crippen MR) is 94.8 cm³/mol. The zero-order chi connectivity index (χ0) is 17.7. The fourth-order valence-electron chi connectivity index (χ4n) is 2.56. The Morgan fingerprint density at radius 1 is 1.29 bits per heavy atom. The summed E-state index contributed by atoms with van der Waals surface area (Å²) in [6.45, 7) is 5.18. The quantitative estimate of drug-likeness (QED) is 0.783. The molecule has 0 spiro atoms. The Kier molecular flexibility index (Phi) is 6.06. The smallest absolute Gasteiger partial charge is 0.321 e. The molecule has 0 aromatic heterocycles. The molecule has 1 aromatic rings. The van der Waals surface area contributed by atoms with E-state index in [0.29, 0.717) is 18.8 Å². The second-order valence-electron chi connectivity index (χ2n) is 6.19. The third-order valence-electron chi connectivity index (χ3n) is 3.96. The summed E-state index contributed by atoms with van der Waals surface area (Å²) in [7, 11) is -1.99. The molecule has 1 unspecified atom stereocenters. The highest BCUT2D eigenvalue weighted by molar-refractivity contribution is 7.92. The molecule has 2 N–H and O–H groups in total. The first-order valence-electron chi connectivity index (χ1n) is 8.01. The number of hydrogen-bond donors (Lipinski definition) is 2. The lowest BCUT2D eigenvalue weighted by molar-refractivity contribution is 0.0829. The summed E-state index contributed by atoms with van der Waals surface area (Å²) >= 11 is 0. The van der Waals surface area contributed by atoms with Crippen molar-refractivity contribution < 1.29 is 17.9 Å². The highest BCUT2D eigenvalue weighted by atomic mass is 32.2. The lowest BCUT2D eigenvalue weighted by Crippen LogP contribution is -2.46. The Hall–Kier alpha value is -1.80. The van der Waals surface area contributed by atoms with E-state index in [0.717, 1.165) is 12.1 Å². The maximum absolute atomic E-state index is 12.2. The number of methoxy groups -OCH3 is 1. The van der Waals surface area contributed by atoms with Gasteiger partial charge in [-0.25, -0.2) is 13.2 Å². The van der Waals surface area contributed by atoms with Crippen LogP contribution in [0.3, 0.4) is 0 Å². The minimum absolute atomic E-state index is 0.0998. The van der Waals surface area contributed by atoms with Crippen LogP contribution >= 0.6 is 0 Å². The second-order valence-corrected chi connectivity index (χ2v) is 7.95. The van der Waals surface area contributed by atoms with Crippen molar-refractivity contribution in [1.29, 1.82) is 0 Å². The topological polar surface area (TPSA) is 87.7 Å². The van der Waals surface area contributed by atoms with Gasteiger partial charge in [0.05, 0.1) is 11.9 Å². The van der Waals surface area contributed by atoms with Crippen LogP contribution < -0.4 is 14.9 Å². The number of carbonyl (C=O) groups excluding carboxylic acids is 1. The number of benzene rings is 1. The van der Waals surface area contributed by atoms with Gasteiger partial charge in [0.1, 0.15) is 0 Å². The molecule has 0 saturated carbocycles. The van der Waals surface area contributed by atoms with Crippen molar-refractivity contribution in [3.63, 3.8) is 0 Å². The summed E-state index contributed by atoms with van der Waals surface area (Å²) < 4.78 is 32.3. The molecule has 1 saturated heterocycles. The van der Waals surface area contributed by atoms with Crippen molar-refractivity contribution in [2.75, 3.05) is 35.6 Å². The van der Waals surface area contributed by atoms with Crippen LogP contribution in [-0.2, 0) is 14.8 Å². The first-order chi connectivity index (χ1) is 11.3. The van der Waals surface area contributed by atoms with Crippen molar-refractivity contribution in [2.24, 2.45) is 5.92 Å². The van der Waals surface area contributed by atoms with E-state index < -0.39 is 10.0 Å². The number of carbonyl (C=O) groups is 1. The predicted octanol–water partition coefficient (Wildman–Crippen LogP) is 2.02. The van der Waals surface area contributed by atoms with Crippen LogP contribution in [0.1, 0.15) is 20.3 Å². The van der Waals surface area contributed by atoms with E-state index in [-0.39, 0.29) is 23.8 Å². The molecule has 8 heteroatoms. The molecule has 1 aliphatic heterocycles. The number of ether oxygens (including phenoxy) is 1. The molecule has 0 bridgehead atoms. The zero-order valence-corrected chi connectivity index (χ0v) is 15.1. The molecular weight excluding hydrogens is 330 g/mol. The van der Waals surface area contributed by atoms with Gasteiger partial charge in [0, 0.05) is 31.6 Å². The minimum Gasteiger partial charge on any atom is -0.380 e. The highest BCUT2D eigenvalue weighted by Crippen LogP contribution is 2.21. The van der Waals surface area contributed by atoms with Gasteiger partial charge in [0.2, 0.25) is 10.0 Å². The van der Waals surface area contributed by atoms with Crippen LogP contribution in [-0.4, -0.2) is 46.5 Å². The summed E-state index contributed by atoms with van der Waals surface area (Å²) in [6.07, 6.45) is 0.520. The van der Waals surface area contributed by atoms with Crippen molar-refractivity contribution in [1.82, 2.24) is 5.32 Å². The molecule has 1 aromatic carbocycles. The van der Waals surface area contributed by atoms with Crippen LogP contribution in [0.2, 0.25) is 0 Å². The lowest BCUT2D eigenvalue weighted by atomic mass is 10.1. The number of rotatable bonds is 7. The van der Waals surface area contributed by atoms with Crippen molar-refractivity contribution >= 4 is 27.4 Å². The number of amides is 2. The van der Waals surface area contributed by atoms with Crippen LogP contribution in [0.5, 0.6) is 0 Å². The van der Waals surface area contributed by atoms with Gasteiger partial charge in [-0.1, -0.05) is 13.8 Å². The van der Waals surface area contributed by atoms with Crippen LogP contribution in [0, 0.1) is 5.92 Å². The number of urea groups is 1. The molecule has 2 rings (SSSR count). The highest BCUT2D eigenvalue weighted by Gasteiger charge is 2.22. The summed E-state index contributed by atoms with van der Waals surface area (Å²) in [6, 6.07) is 6.66. The van der Waals surface area contributed by atoms with Gasteiger partial charge in [-0.05, 0) is 36.6 Å². The Labute approximate surface area is 143 Å². The van der Waals surface area contributed by atoms with E-state index in [2.05, 4.69) is 10.0 Å². The molecule has 1 aliphatic rings. The Bertz CT molecular complexity index is 658. The number of anilines is 2. The van der Waals surface area contributed by atoms with Gasteiger partial charge in [-0.3, -0.25) is 9.62 Å². The van der Waals surface area contributed by atoms with Gasteiger partial charge in [0.15, 0.2) is 0 Å². The zero-order valence-electron chi connectivity index (χ0n) is 14.3. The van der Waals surface area contributed by atoms with Crippen molar-refractivity contribution in [2.45, 2.75) is 26.4 Å². The van der Waals surface area contributed by atoms with Crippen molar-refractivity contribution in [3.8, 4) is 0 Å². The molecule has 1 fully saturated rings. The summed E-state index contributed by atoms with van der Waals surface area (Å²) in [5.74, 6) is 0.00355. The Morgan fingerprint density at radius 2 is 1.96 bits per heavy atom. The van der Waals surface area contributed by atoms with Crippen molar-refractivity contribution in [3.05, 3.63) is 24.3 Å². The molecular formula is C16H25N3O4S. The van der Waals surface area contributed by atoms with E-state index in [4.69, 9.17) is 4.74 Å². The van der Waals surface area contributed by atoms with E-state index in [1.54, 1.807) is 29.2 Å². The number of nitrogens with zero attached hydrogens (tertiary/aromatic N) is 1. The van der Waals surface area contributed by atoms with Crippen LogP contribution in [0.25, 0.3) is 0 Å². The third kappa shape index (κ3) is 4.85. The maximum atomic E-state index is 12.2. The lowest BCUT2D eigenvalue weighted by Gasteiger charge is -2.27. The molecule has 2 amide bonds. The minimum atomic E-state index is -3.51. The fourth-order valence-corrected chi connectivity index (χ4v) is 4.09. The van der Waals surface area contributed by atoms with E-state index in [9.17, 15) is 13.2 Å². The average Bonchev–Trinajstić information content (AvgIpc) is 2.53. The first kappa shape index (κ1) is 18.5. The summed E-state index contributed by atoms with van der Waals surface area (Å²) in [5, 5.41) is 2.78. The normalized spacial score (nSPS) is 16.8. The molecule has 134 valence electrons. The average molecular weight is 355 g/mol. The summed E-state index contributed by atoms with van der Waals surface area (Å²) in [4.78, 5) is 13.5. The molecule has 24 heavy (non-hydrogen) atoms. The molecule has 7 nitrogen and oxygen atoms in total. The molecule has 0 aliphatic carbocycles. The maximum Gasteiger partial charge on any atom is 0.321 e.